The number of hydrogen-bond acceptors (Lipinski definition) is 3. The van der Waals surface area contributed by atoms with Crippen molar-refractivity contribution < 1.29 is 9.72 Å². The topological polar surface area (TPSA) is 72.2 Å². The van der Waals surface area contributed by atoms with Gasteiger partial charge in [-0.2, -0.15) is 0 Å². The van der Waals surface area contributed by atoms with E-state index in [1.54, 1.807) is 18.2 Å². The fourth-order valence-electron chi connectivity index (χ4n) is 1.96. The maximum Gasteiger partial charge on any atom is 0.276 e. The normalized spacial score (nSPS) is 10.7. The van der Waals surface area contributed by atoms with Gasteiger partial charge in [-0.25, -0.2) is 0 Å². The van der Waals surface area contributed by atoms with E-state index in [9.17, 15) is 14.9 Å². The Hall–Kier alpha value is -2.17. The van der Waals surface area contributed by atoms with Gasteiger partial charge in [-0.1, -0.05) is 44.7 Å². The van der Waals surface area contributed by atoms with Crippen LogP contribution in [-0.4, -0.2) is 17.4 Å². The lowest BCUT2D eigenvalue weighted by Gasteiger charge is -2.02. The maximum atomic E-state index is 11.6. The number of hydrogen-bond donors (Lipinski definition) is 1. The van der Waals surface area contributed by atoms with Crippen LogP contribution < -0.4 is 5.32 Å². The molecule has 0 aliphatic carbocycles. The zero-order valence-corrected chi connectivity index (χ0v) is 12.4. The molecule has 0 saturated carbocycles. The van der Waals surface area contributed by atoms with Crippen LogP contribution in [0.3, 0.4) is 0 Å². The molecule has 1 N–H and O–H groups in total. The molecule has 0 fully saturated rings. The quantitative estimate of drug-likeness (QED) is 0.326. The second kappa shape index (κ2) is 9.69. The molecule has 0 aromatic heterocycles. The van der Waals surface area contributed by atoms with Crippen LogP contribution in [0.2, 0.25) is 0 Å². The van der Waals surface area contributed by atoms with Gasteiger partial charge >= 0.3 is 0 Å². The third-order valence-corrected chi connectivity index (χ3v) is 3.13. The minimum atomic E-state index is -0.453. The van der Waals surface area contributed by atoms with E-state index in [2.05, 4.69) is 12.2 Å². The van der Waals surface area contributed by atoms with E-state index in [0.29, 0.717) is 12.1 Å². The SMILES string of the molecule is CCCCCCCNC(=O)C=Cc1ccccc1[N+](=O)[O-]. The fraction of sp³-hybridized carbons (Fsp3) is 0.438. The van der Waals surface area contributed by atoms with Crippen molar-refractivity contribution in [2.75, 3.05) is 6.54 Å². The van der Waals surface area contributed by atoms with Crippen LogP contribution in [-0.2, 0) is 4.79 Å². The largest absolute Gasteiger partial charge is 0.353 e. The molecule has 0 spiro atoms. The highest BCUT2D eigenvalue weighted by atomic mass is 16.6. The van der Waals surface area contributed by atoms with Crippen molar-refractivity contribution in [2.24, 2.45) is 0 Å². The van der Waals surface area contributed by atoms with E-state index in [-0.39, 0.29) is 11.6 Å². The highest BCUT2D eigenvalue weighted by Gasteiger charge is 2.09. The molecule has 5 nitrogen and oxygen atoms in total. The minimum Gasteiger partial charge on any atom is -0.353 e. The molecule has 0 saturated heterocycles. The predicted molar refractivity (Wildman–Crippen MR) is 83.9 cm³/mol. The van der Waals surface area contributed by atoms with E-state index in [1.165, 1.54) is 37.5 Å². The van der Waals surface area contributed by atoms with Gasteiger partial charge in [0.25, 0.3) is 5.69 Å². The van der Waals surface area contributed by atoms with E-state index in [0.717, 1.165) is 12.8 Å². The molecule has 1 amide bonds. The van der Waals surface area contributed by atoms with E-state index < -0.39 is 4.92 Å². The van der Waals surface area contributed by atoms with Crippen LogP contribution in [0.4, 0.5) is 5.69 Å². The summed E-state index contributed by atoms with van der Waals surface area (Å²) in [6, 6.07) is 6.35. The van der Waals surface area contributed by atoms with Crippen LogP contribution in [0.1, 0.15) is 44.6 Å². The van der Waals surface area contributed by atoms with E-state index in [1.807, 2.05) is 0 Å². The lowest BCUT2D eigenvalue weighted by molar-refractivity contribution is -0.385. The Bertz CT molecular complexity index is 498. The monoisotopic (exact) mass is 290 g/mol. The zero-order chi connectivity index (χ0) is 15.5. The molecule has 5 heteroatoms. The van der Waals surface area contributed by atoms with Crippen molar-refractivity contribution in [1.82, 2.24) is 5.32 Å². The maximum absolute atomic E-state index is 11.6. The number of nitrogens with one attached hydrogen (secondary N) is 1. The van der Waals surface area contributed by atoms with Crippen molar-refractivity contribution in [3.63, 3.8) is 0 Å². The highest BCUT2D eigenvalue weighted by Crippen LogP contribution is 2.18. The molecule has 1 aromatic carbocycles. The molecule has 0 radical (unpaired) electrons. The summed E-state index contributed by atoms with van der Waals surface area (Å²) >= 11 is 0. The minimum absolute atomic E-state index is 0.00103. The number of benzene rings is 1. The number of carbonyl (C=O) groups is 1. The van der Waals surface area contributed by atoms with Gasteiger partial charge in [-0.05, 0) is 18.6 Å². The first-order chi connectivity index (χ1) is 10.1. The van der Waals surface area contributed by atoms with Crippen LogP contribution in [0, 0.1) is 10.1 Å². The van der Waals surface area contributed by atoms with Crippen molar-refractivity contribution >= 4 is 17.7 Å². The summed E-state index contributed by atoms with van der Waals surface area (Å²) < 4.78 is 0. The molecule has 21 heavy (non-hydrogen) atoms. The smallest absolute Gasteiger partial charge is 0.276 e. The Morgan fingerprint density at radius 1 is 1.24 bits per heavy atom. The predicted octanol–water partition coefficient (Wildman–Crippen LogP) is 3.69. The Morgan fingerprint density at radius 2 is 1.95 bits per heavy atom. The molecule has 1 rings (SSSR count). The highest BCUT2D eigenvalue weighted by molar-refractivity contribution is 5.92. The lowest BCUT2D eigenvalue weighted by atomic mass is 10.1. The number of rotatable bonds is 9. The van der Waals surface area contributed by atoms with Gasteiger partial charge in [-0.15, -0.1) is 0 Å². The summed E-state index contributed by atoms with van der Waals surface area (Å²) in [5.74, 6) is -0.219. The molecule has 0 aliphatic rings. The number of nitro groups is 1. The number of carbonyl (C=O) groups excluding carboxylic acids is 1. The van der Waals surface area contributed by atoms with Gasteiger partial charge in [0.1, 0.15) is 0 Å². The first kappa shape index (κ1) is 16.9. The Kier molecular flexibility index (Phi) is 7.79. The number of nitrogens with zero attached hydrogens (tertiary/aromatic N) is 1. The molecule has 0 unspecified atom stereocenters. The van der Waals surface area contributed by atoms with Gasteiger partial charge in [0, 0.05) is 18.7 Å². The van der Waals surface area contributed by atoms with E-state index >= 15 is 0 Å². The number of nitro benzene ring substituents is 1. The van der Waals surface area contributed by atoms with Crippen molar-refractivity contribution in [1.29, 1.82) is 0 Å². The number of unbranched alkanes of at least 4 members (excludes halogenated alkanes) is 4. The standard InChI is InChI=1S/C16H22N2O3/c1-2-3-4-5-8-13-17-16(19)12-11-14-9-6-7-10-15(14)18(20)21/h6-7,9-12H,2-5,8,13H2,1H3,(H,17,19). The van der Waals surface area contributed by atoms with Crippen LogP contribution in [0.5, 0.6) is 0 Å². The van der Waals surface area contributed by atoms with Gasteiger partial charge < -0.3 is 5.32 Å². The Balaban J connectivity index is 2.39. The third-order valence-electron chi connectivity index (χ3n) is 3.13. The van der Waals surface area contributed by atoms with Crippen LogP contribution >= 0.6 is 0 Å². The van der Waals surface area contributed by atoms with Gasteiger partial charge in [0.05, 0.1) is 10.5 Å². The summed E-state index contributed by atoms with van der Waals surface area (Å²) in [5.41, 5.74) is 0.432. The van der Waals surface area contributed by atoms with E-state index in [4.69, 9.17) is 0 Å². The van der Waals surface area contributed by atoms with Gasteiger partial charge in [0.15, 0.2) is 0 Å². The Morgan fingerprint density at radius 3 is 2.67 bits per heavy atom. The lowest BCUT2D eigenvalue weighted by Crippen LogP contribution is -2.21. The second-order valence-corrected chi connectivity index (χ2v) is 4.85. The first-order valence-electron chi connectivity index (χ1n) is 7.34. The molecule has 114 valence electrons. The molecule has 1 aromatic rings. The molecule has 0 heterocycles. The molecule has 0 aliphatic heterocycles. The fourth-order valence-corrected chi connectivity index (χ4v) is 1.96. The average Bonchev–Trinajstić information content (AvgIpc) is 2.49. The number of amides is 1. The summed E-state index contributed by atoms with van der Waals surface area (Å²) in [5, 5.41) is 13.6. The first-order valence-corrected chi connectivity index (χ1v) is 7.34. The summed E-state index contributed by atoms with van der Waals surface area (Å²) in [7, 11) is 0. The molecule has 0 bridgehead atoms. The van der Waals surface area contributed by atoms with Crippen molar-refractivity contribution in [3.8, 4) is 0 Å². The molecular formula is C16H22N2O3. The van der Waals surface area contributed by atoms with Gasteiger partial charge in [0.2, 0.25) is 5.91 Å². The van der Waals surface area contributed by atoms with Gasteiger partial charge in [-0.3, -0.25) is 14.9 Å². The Labute approximate surface area is 125 Å². The molecule has 0 atom stereocenters. The number of para-hydroxylation sites is 1. The third kappa shape index (κ3) is 6.70. The van der Waals surface area contributed by atoms with Crippen LogP contribution in [0.15, 0.2) is 30.3 Å². The summed E-state index contributed by atoms with van der Waals surface area (Å²) in [4.78, 5) is 22.0. The average molecular weight is 290 g/mol. The molecular weight excluding hydrogens is 268 g/mol. The summed E-state index contributed by atoms with van der Waals surface area (Å²) in [6.45, 7) is 2.80. The zero-order valence-electron chi connectivity index (χ0n) is 12.4. The summed E-state index contributed by atoms with van der Waals surface area (Å²) in [6.07, 6.45) is 8.51. The van der Waals surface area contributed by atoms with Crippen LogP contribution in [0.25, 0.3) is 6.08 Å². The van der Waals surface area contributed by atoms with Crippen molar-refractivity contribution in [3.05, 3.63) is 46.0 Å². The second-order valence-electron chi connectivity index (χ2n) is 4.85. The van der Waals surface area contributed by atoms with Crippen molar-refractivity contribution in [2.45, 2.75) is 39.0 Å².